The van der Waals surface area contributed by atoms with Gasteiger partial charge >= 0.3 is 0 Å². The van der Waals surface area contributed by atoms with Gasteiger partial charge in [-0.15, -0.1) is 0 Å². The predicted octanol–water partition coefficient (Wildman–Crippen LogP) is 3.75. The summed E-state index contributed by atoms with van der Waals surface area (Å²) < 4.78 is 15.7. The molecule has 0 bridgehead atoms. The largest absolute Gasteiger partial charge is 0.459 e. The Hall–Kier alpha value is -4.27. The Morgan fingerprint density at radius 1 is 0.853 bits per heavy atom. The van der Waals surface area contributed by atoms with Crippen molar-refractivity contribution < 1.29 is 28.3 Å². The van der Waals surface area contributed by atoms with Gasteiger partial charge in [0.15, 0.2) is 17.3 Å². The predicted molar refractivity (Wildman–Crippen MR) is 123 cm³/mol. The van der Waals surface area contributed by atoms with Crippen LogP contribution in [0.3, 0.4) is 0 Å². The average Bonchev–Trinajstić information content (AvgIpc) is 3.56. The number of hydrogen-bond acceptors (Lipinski definition) is 6. The van der Waals surface area contributed by atoms with Crippen LogP contribution in [0.1, 0.15) is 33.8 Å². The lowest BCUT2D eigenvalue weighted by atomic mass is 9.95. The first-order valence-corrected chi connectivity index (χ1v) is 11.0. The minimum atomic E-state index is -0.356. The Morgan fingerprint density at radius 2 is 1.59 bits per heavy atom. The molecule has 0 saturated carbocycles. The molecular formula is C25H23N3O6. The van der Waals surface area contributed by atoms with E-state index < -0.39 is 0 Å². The fourth-order valence-corrected chi connectivity index (χ4v) is 4.04. The maximum Gasteiger partial charge on any atom is 0.291 e. The van der Waals surface area contributed by atoms with Gasteiger partial charge in [0.25, 0.3) is 11.8 Å². The zero-order valence-corrected chi connectivity index (χ0v) is 18.3. The molecule has 1 aromatic heterocycles. The molecule has 0 atom stereocenters. The van der Waals surface area contributed by atoms with Crippen LogP contribution in [0.2, 0.25) is 0 Å². The molecule has 3 amide bonds. The van der Waals surface area contributed by atoms with Crippen molar-refractivity contribution in [3.63, 3.8) is 0 Å². The first kappa shape index (κ1) is 21.6. The van der Waals surface area contributed by atoms with Gasteiger partial charge in [-0.3, -0.25) is 14.4 Å². The number of amides is 3. The van der Waals surface area contributed by atoms with Crippen LogP contribution in [-0.4, -0.2) is 42.5 Å². The van der Waals surface area contributed by atoms with E-state index in [-0.39, 0.29) is 36.2 Å². The minimum Gasteiger partial charge on any atom is -0.459 e. The zero-order valence-electron chi connectivity index (χ0n) is 18.3. The molecule has 2 aliphatic heterocycles. The van der Waals surface area contributed by atoms with Crippen molar-refractivity contribution in [1.82, 2.24) is 4.90 Å². The topological polar surface area (TPSA) is 110 Å². The number of nitrogens with one attached hydrogen (secondary N) is 2. The summed E-state index contributed by atoms with van der Waals surface area (Å²) in [5, 5.41) is 5.65. The molecule has 9 nitrogen and oxygen atoms in total. The smallest absolute Gasteiger partial charge is 0.291 e. The number of ether oxygens (including phenoxy) is 2. The molecule has 174 valence electrons. The Balaban J connectivity index is 1.12. The summed E-state index contributed by atoms with van der Waals surface area (Å²) in [4.78, 5) is 39.4. The maximum absolute atomic E-state index is 12.9. The number of anilines is 2. The standard InChI is InChI=1S/C25H23N3O6/c29-23(27-19-7-8-20-22(14-19)34-15-33-20)16-9-11-28(12-10-16)25(31)17-3-5-18(6-4-17)26-24(30)21-2-1-13-32-21/h1-8,13-14,16H,9-12,15H2,(H,26,30)(H,27,29). The summed E-state index contributed by atoms with van der Waals surface area (Å²) in [5.41, 5.74) is 1.75. The molecule has 0 aliphatic carbocycles. The van der Waals surface area contributed by atoms with Gasteiger partial charge in [0.1, 0.15) is 0 Å². The molecule has 0 unspecified atom stereocenters. The Labute approximate surface area is 195 Å². The summed E-state index contributed by atoms with van der Waals surface area (Å²) in [6.07, 6.45) is 2.60. The van der Waals surface area contributed by atoms with Crippen LogP contribution in [0.25, 0.3) is 0 Å². The lowest BCUT2D eigenvalue weighted by Crippen LogP contribution is -2.41. The third-order valence-electron chi connectivity index (χ3n) is 5.93. The Morgan fingerprint density at radius 3 is 2.32 bits per heavy atom. The van der Waals surface area contributed by atoms with Crippen LogP contribution in [0, 0.1) is 5.92 Å². The second-order valence-corrected chi connectivity index (χ2v) is 8.13. The van der Waals surface area contributed by atoms with E-state index in [1.54, 1.807) is 59.5 Å². The number of rotatable bonds is 5. The highest BCUT2D eigenvalue weighted by Gasteiger charge is 2.28. The fourth-order valence-electron chi connectivity index (χ4n) is 4.04. The van der Waals surface area contributed by atoms with Crippen molar-refractivity contribution in [3.05, 3.63) is 72.2 Å². The summed E-state index contributed by atoms with van der Waals surface area (Å²) in [5.74, 6) is 0.799. The van der Waals surface area contributed by atoms with Crippen molar-refractivity contribution in [2.45, 2.75) is 12.8 Å². The van der Waals surface area contributed by atoms with Crippen LogP contribution < -0.4 is 20.1 Å². The van der Waals surface area contributed by atoms with Crippen molar-refractivity contribution in [2.24, 2.45) is 5.92 Å². The van der Waals surface area contributed by atoms with Gasteiger partial charge < -0.3 is 29.4 Å². The molecule has 2 aromatic carbocycles. The first-order chi connectivity index (χ1) is 16.6. The van der Waals surface area contributed by atoms with E-state index in [1.807, 2.05) is 0 Å². The van der Waals surface area contributed by atoms with E-state index in [2.05, 4.69) is 10.6 Å². The number of carbonyl (C=O) groups excluding carboxylic acids is 3. The molecule has 2 N–H and O–H groups in total. The number of fused-ring (bicyclic) bond motifs is 1. The number of hydrogen-bond donors (Lipinski definition) is 2. The molecule has 2 aliphatic rings. The molecule has 3 aromatic rings. The third kappa shape index (κ3) is 4.59. The van der Waals surface area contributed by atoms with Crippen LogP contribution in [0.4, 0.5) is 11.4 Å². The second kappa shape index (κ2) is 9.30. The summed E-state index contributed by atoms with van der Waals surface area (Å²) in [6, 6.07) is 15.2. The van der Waals surface area contributed by atoms with Crippen LogP contribution in [0.5, 0.6) is 11.5 Å². The van der Waals surface area contributed by atoms with E-state index in [0.717, 1.165) is 0 Å². The summed E-state index contributed by atoms with van der Waals surface area (Å²) >= 11 is 0. The van der Waals surface area contributed by atoms with E-state index in [4.69, 9.17) is 13.9 Å². The highest BCUT2D eigenvalue weighted by Crippen LogP contribution is 2.34. The monoisotopic (exact) mass is 461 g/mol. The SMILES string of the molecule is O=C(Nc1ccc(C(=O)N2CCC(C(=O)Nc3ccc4c(c3)OCO4)CC2)cc1)c1ccco1. The van der Waals surface area contributed by atoms with E-state index in [1.165, 1.54) is 6.26 Å². The van der Waals surface area contributed by atoms with E-state index in [9.17, 15) is 14.4 Å². The minimum absolute atomic E-state index is 0.0670. The number of carbonyl (C=O) groups is 3. The molecule has 1 saturated heterocycles. The summed E-state index contributed by atoms with van der Waals surface area (Å²) in [7, 11) is 0. The van der Waals surface area contributed by atoms with Gasteiger partial charge in [-0.1, -0.05) is 0 Å². The van der Waals surface area contributed by atoms with Crippen LogP contribution >= 0.6 is 0 Å². The molecule has 1 fully saturated rings. The highest BCUT2D eigenvalue weighted by molar-refractivity contribution is 6.02. The molecule has 9 heteroatoms. The molecule has 5 rings (SSSR count). The van der Waals surface area contributed by atoms with Crippen molar-refractivity contribution in [1.29, 1.82) is 0 Å². The Bertz CT molecular complexity index is 1200. The lowest BCUT2D eigenvalue weighted by molar-refractivity contribution is -0.121. The summed E-state index contributed by atoms with van der Waals surface area (Å²) in [6.45, 7) is 1.17. The third-order valence-corrected chi connectivity index (χ3v) is 5.93. The molecule has 0 radical (unpaired) electrons. The zero-order chi connectivity index (χ0) is 23.5. The van der Waals surface area contributed by atoms with Crippen molar-refractivity contribution in [3.8, 4) is 11.5 Å². The number of furan rings is 1. The van der Waals surface area contributed by atoms with Gasteiger partial charge in [0.05, 0.1) is 6.26 Å². The average molecular weight is 461 g/mol. The second-order valence-electron chi connectivity index (χ2n) is 8.13. The number of nitrogens with zero attached hydrogens (tertiary/aromatic N) is 1. The van der Waals surface area contributed by atoms with Gasteiger partial charge in [0, 0.05) is 42.0 Å². The first-order valence-electron chi connectivity index (χ1n) is 11.0. The number of piperidine rings is 1. The Kier molecular flexibility index (Phi) is 5.90. The number of benzene rings is 2. The van der Waals surface area contributed by atoms with Crippen molar-refractivity contribution >= 4 is 29.1 Å². The van der Waals surface area contributed by atoms with Gasteiger partial charge in [0.2, 0.25) is 12.7 Å². The highest BCUT2D eigenvalue weighted by atomic mass is 16.7. The molecule has 0 spiro atoms. The van der Waals surface area contributed by atoms with Crippen molar-refractivity contribution in [2.75, 3.05) is 30.5 Å². The van der Waals surface area contributed by atoms with Crippen LogP contribution in [0.15, 0.2) is 65.3 Å². The number of likely N-dealkylation sites (tertiary alicyclic amines) is 1. The van der Waals surface area contributed by atoms with E-state index >= 15 is 0 Å². The maximum atomic E-state index is 12.9. The molecular weight excluding hydrogens is 438 g/mol. The molecule has 3 heterocycles. The molecule has 34 heavy (non-hydrogen) atoms. The normalized spacial score (nSPS) is 15.1. The lowest BCUT2D eigenvalue weighted by Gasteiger charge is -2.31. The fraction of sp³-hybridized carbons (Fsp3) is 0.240. The quantitative estimate of drug-likeness (QED) is 0.599. The van der Waals surface area contributed by atoms with Crippen LogP contribution in [-0.2, 0) is 4.79 Å². The van der Waals surface area contributed by atoms with Gasteiger partial charge in [-0.2, -0.15) is 0 Å². The van der Waals surface area contributed by atoms with E-state index in [0.29, 0.717) is 54.4 Å². The van der Waals surface area contributed by atoms with Gasteiger partial charge in [-0.25, -0.2) is 0 Å². The van der Waals surface area contributed by atoms with Gasteiger partial charge in [-0.05, 0) is 61.4 Å².